The standard InChI is InChI=1S/C24H31ClN2O3/c1-5-18(4)26-24(29)22(6-2)27(15-19-9-7-17(3)8-10-19)23(28)16-30-21-13-11-20(25)12-14-21/h7-14,18,22H,5-6,15-16H2,1-4H3,(H,26,29)/t18-,22+/m1/s1. The summed E-state index contributed by atoms with van der Waals surface area (Å²) in [5, 5.41) is 3.60. The number of aryl methyl sites for hydroxylation is 1. The number of carbonyl (C=O) groups is 2. The minimum atomic E-state index is -0.568. The lowest BCUT2D eigenvalue weighted by atomic mass is 10.1. The Kier molecular flexibility index (Phi) is 9.18. The third-order valence-corrected chi connectivity index (χ3v) is 5.29. The maximum absolute atomic E-state index is 13.1. The van der Waals surface area contributed by atoms with Gasteiger partial charge in [0.1, 0.15) is 11.8 Å². The van der Waals surface area contributed by atoms with Crippen molar-refractivity contribution < 1.29 is 14.3 Å². The first-order chi connectivity index (χ1) is 14.3. The Bertz CT molecular complexity index is 821. The molecule has 0 aromatic heterocycles. The second-order valence-corrected chi connectivity index (χ2v) is 7.93. The van der Waals surface area contributed by atoms with E-state index in [2.05, 4.69) is 5.32 Å². The molecule has 0 bridgehead atoms. The summed E-state index contributed by atoms with van der Waals surface area (Å²) in [6.07, 6.45) is 1.34. The fraction of sp³-hybridized carbons (Fsp3) is 0.417. The van der Waals surface area contributed by atoms with Crippen LogP contribution in [0, 0.1) is 6.92 Å². The molecule has 2 amide bonds. The quantitative estimate of drug-likeness (QED) is 0.591. The van der Waals surface area contributed by atoms with E-state index in [9.17, 15) is 9.59 Å². The van der Waals surface area contributed by atoms with Crippen molar-refractivity contribution in [3.63, 3.8) is 0 Å². The second-order valence-electron chi connectivity index (χ2n) is 7.49. The molecule has 5 nitrogen and oxygen atoms in total. The summed E-state index contributed by atoms with van der Waals surface area (Å²) in [4.78, 5) is 27.6. The lowest BCUT2D eigenvalue weighted by Gasteiger charge is -2.31. The van der Waals surface area contributed by atoms with Gasteiger partial charge in [-0.25, -0.2) is 0 Å². The normalized spacial score (nSPS) is 12.7. The minimum absolute atomic E-state index is 0.0493. The van der Waals surface area contributed by atoms with Gasteiger partial charge in [-0.15, -0.1) is 0 Å². The van der Waals surface area contributed by atoms with Gasteiger partial charge in [0.05, 0.1) is 0 Å². The molecule has 1 N–H and O–H groups in total. The molecule has 2 aromatic carbocycles. The van der Waals surface area contributed by atoms with Gasteiger partial charge in [0.15, 0.2) is 6.61 Å². The van der Waals surface area contributed by atoms with Crippen LogP contribution >= 0.6 is 11.6 Å². The third kappa shape index (κ3) is 7.06. The van der Waals surface area contributed by atoms with Crippen molar-refractivity contribution in [3.05, 3.63) is 64.7 Å². The second kappa shape index (κ2) is 11.6. The van der Waals surface area contributed by atoms with E-state index in [1.807, 2.05) is 52.0 Å². The first kappa shape index (κ1) is 23.7. The van der Waals surface area contributed by atoms with Crippen molar-refractivity contribution in [1.29, 1.82) is 0 Å². The van der Waals surface area contributed by atoms with Crippen molar-refractivity contribution in [2.24, 2.45) is 0 Å². The zero-order chi connectivity index (χ0) is 22.1. The molecule has 0 fully saturated rings. The Morgan fingerprint density at radius 1 is 1.03 bits per heavy atom. The summed E-state index contributed by atoms with van der Waals surface area (Å²) in [5.74, 6) is 0.177. The highest BCUT2D eigenvalue weighted by Gasteiger charge is 2.29. The molecule has 0 radical (unpaired) electrons. The van der Waals surface area contributed by atoms with Crippen LogP contribution in [0.25, 0.3) is 0 Å². The van der Waals surface area contributed by atoms with Gasteiger partial charge in [0.25, 0.3) is 5.91 Å². The van der Waals surface area contributed by atoms with E-state index in [-0.39, 0.29) is 24.5 Å². The summed E-state index contributed by atoms with van der Waals surface area (Å²) in [5.41, 5.74) is 2.11. The number of hydrogen-bond acceptors (Lipinski definition) is 3. The lowest BCUT2D eigenvalue weighted by molar-refractivity contribution is -0.143. The van der Waals surface area contributed by atoms with Gasteiger partial charge >= 0.3 is 0 Å². The first-order valence-corrected chi connectivity index (χ1v) is 10.8. The van der Waals surface area contributed by atoms with Crippen LogP contribution in [0.3, 0.4) is 0 Å². The lowest BCUT2D eigenvalue weighted by Crippen LogP contribution is -2.51. The molecule has 0 saturated heterocycles. The predicted octanol–water partition coefficient (Wildman–Crippen LogP) is 4.75. The van der Waals surface area contributed by atoms with Crippen LogP contribution in [-0.4, -0.2) is 35.4 Å². The Morgan fingerprint density at radius 3 is 2.23 bits per heavy atom. The number of ether oxygens (including phenoxy) is 1. The van der Waals surface area contributed by atoms with Crippen LogP contribution in [0.4, 0.5) is 0 Å². The van der Waals surface area contributed by atoms with Gasteiger partial charge in [0, 0.05) is 17.6 Å². The summed E-state index contributed by atoms with van der Waals surface area (Å²) in [7, 11) is 0. The molecule has 0 aliphatic carbocycles. The Labute approximate surface area is 184 Å². The average Bonchev–Trinajstić information content (AvgIpc) is 2.74. The van der Waals surface area contributed by atoms with E-state index in [0.717, 1.165) is 17.5 Å². The molecule has 2 rings (SSSR count). The van der Waals surface area contributed by atoms with Crippen LogP contribution in [-0.2, 0) is 16.1 Å². The van der Waals surface area contributed by atoms with E-state index in [0.29, 0.717) is 23.7 Å². The van der Waals surface area contributed by atoms with Crippen molar-refractivity contribution in [3.8, 4) is 5.75 Å². The smallest absolute Gasteiger partial charge is 0.261 e. The number of halogens is 1. The molecule has 30 heavy (non-hydrogen) atoms. The Balaban J connectivity index is 2.19. The van der Waals surface area contributed by atoms with E-state index in [1.54, 1.807) is 29.2 Å². The van der Waals surface area contributed by atoms with Gasteiger partial charge < -0.3 is 15.0 Å². The van der Waals surface area contributed by atoms with E-state index in [4.69, 9.17) is 16.3 Å². The molecule has 0 aliphatic heterocycles. The number of rotatable bonds is 10. The Morgan fingerprint density at radius 2 is 1.67 bits per heavy atom. The maximum Gasteiger partial charge on any atom is 0.261 e. The fourth-order valence-electron chi connectivity index (χ4n) is 3.01. The van der Waals surface area contributed by atoms with E-state index in [1.165, 1.54) is 0 Å². The molecule has 162 valence electrons. The molecule has 2 atom stereocenters. The number of nitrogens with one attached hydrogen (secondary N) is 1. The largest absolute Gasteiger partial charge is 0.484 e. The summed E-state index contributed by atoms with van der Waals surface area (Å²) < 4.78 is 5.66. The molecular formula is C24H31ClN2O3. The van der Waals surface area contributed by atoms with Gasteiger partial charge in [-0.3, -0.25) is 9.59 Å². The highest BCUT2D eigenvalue weighted by molar-refractivity contribution is 6.30. The maximum atomic E-state index is 13.1. The summed E-state index contributed by atoms with van der Waals surface area (Å²) >= 11 is 5.90. The molecular weight excluding hydrogens is 400 g/mol. The van der Waals surface area contributed by atoms with Crippen molar-refractivity contribution >= 4 is 23.4 Å². The van der Waals surface area contributed by atoms with Crippen LogP contribution in [0.15, 0.2) is 48.5 Å². The Hall–Kier alpha value is -2.53. The van der Waals surface area contributed by atoms with Gasteiger partial charge in [-0.1, -0.05) is 55.3 Å². The van der Waals surface area contributed by atoms with Crippen LogP contribution < -0.4 is 10.1 Å². The predicted molar refractivity (Wildman–Crippen MR) is 121 cm³/mol. The zero-order valence-electron chi connectivity index (χ0n) is 18.2. The molecule has 0 aliphatic rings. The highest BCUT2D eigenvalue weighted by Crippen LogP contribution is 2.17. The number of benzene rings is 2. The van der Waals surface area contributed by atoms with Crippen LogP contribution in [0.2, 0.25) is 5.02 Å². The monoisotopic (exact) mass is 430 g/mol. The SMILES string of the molecule is CC[C@@H](C)NC(=O)[C@H](CC)N(Cc1ccc(C)cc1)C(=O)COc1ccc(Cl)cc1. The van der Waals surface area contributed by atoms with Gasteiger partial charge in [0.2, 0.25) is 5.91 Å². The summed E-state index contributed by atoms with van der Waals surface area (Å²) in [6.45, 7) is 8.09. The molecule has 0 spiro atoms. The summed E-state index contributed by atoms with van der Waals surface area (Å²) in [6, 6.07) is 14.3. The minimum Gasteiger partial charge on any atom is -0.484 e. The first-order valence-electron chi connectivity index (χ1n) is 10.4. The molecule has 0 unspecified atom stereocenters. The van der Waals surface area contributed by atoms with Crippen molar-refractivity contribution in [2.45, 2.75) is 59.2 Å². The average molecular weight is 431 g/mol. The number of hydrogen-bond donors (Lipinski definition) is 1. The highest BCUT2D eigenvalue weighted by atomic mass is 35.5. The molecule has 0 heterocycles. The topological polar surface area (TPSA) is 58.6 Å². The molecule has 6 heteroatoms. The molecule has 0 saturated carbocycles. The number of nitrogens with zero attached hydrogens (tertiary/aromatic N) is 1. The van der Waals surface area contributed by atoms with Gasteiger partial charge in [-0.2, -0.15) is 0 Å². The van der Waals surface area contributed by atoms with Crippen LogP contribution in [0.5, 0.6) is 5.75 Å². The number of amides is 2. The third-order valence-electron chi connectivity index (χ3n) is 5.04. The van der Waals surface area contributed by atoms with Crippen LogP contribution in [0.1, 0.15) is 44.7 Å². The van der Waals surface area contributed by atoms with E-state index < -0.39 is 6.04 Å². The van der Waals surface area contributed by atoms with Crippen molar-refractivity contribution in [1.82, 2.24) is 10.2 Å². The number of carbonyl (C=O) groups excluding carboxylic acids is 2. The molecule has 2 aromatic rings. The zero-order valence-corrected chi connectivity index (χ0v) is 18.9. The fourth-order valence-corrected chi connectivity index (χ4v) is 3.14. The van der Waals surface area contributed by atoms with Gasteiger partial charge in [-0.05, 0) is 56.5 Å². The van der Waals surface area contributed by atoms with E-state index >= 15 is 0 Å². The van der Waals surface area contributed by atoms with Crippen molar-refractivity contribution in [2.75, 3.05) is 6.61 Å².